The molecule has 1 atom stereocenters. The summed E-state index contributed by atoms with van der Waals surface area (Å²) in [5.41, 5.74) is 4.55. The highest BCUT2D eigenvalue weighted by molar-refractivity contribution is 5.73. The first-order chi connectivity index (χ1) is 16.8. The van der Waals surface area contributed by atoms with Gasteiger partial charge in [0.05, 0.1) is 13.2 Å². The van der Waals surface area contributed by atoms with Crippen molar-refractivity contribution in [3.8, 4) is 11.5 Å². The molecule has 0 unspecified atom stereocenters. The summed E-state index contributed by atoms with van der Waals surface area (Å²) in [4.78, 5) is 16.5. The van der Waals surface area contributed by atoms with Gasteiger partial charge < -0.3 is 19.3 Å². The van der Waals surface area contributed by atoms with E-state index in [1.807, 2.05) is 63.2 Å². The molecule has 0 fully saturated rings. The van der Waals surface area contributed by atoms with Crippen LogP contribution in [0.5, 0.6) is 11.5 Å². The first kappa shape index (κ1) is 26.1. The minimum absolute atomic E-state index is 0.0705. The minimum Gasteiger partial charge on any atom is -0.496 e. The summed E-state index contributed by atoms with van der Waals surface area (Å²) in [7, 11) is 5.75. The molecule has 0 aromatic heterocycles. The number of para-hydroxylation sites is 1. The van der Waals surface area contributed by atoms with Crippen molar-refractivity contribution in [2.45, 2.75) is 45.8 Å². The van der Waals surface area contributed by atoms with Crippen molar-refractivity contribution in [1.82, 2.24) is 4.90 Å². The highest BCUT2D eigenvalue weighted by atomic mass is 16.5. The van der Waals surface area contributed by atoms with Crippen LogP contribution < -0.4 is 14.4 Å². The average molecular weight is 475 g/mol. The van der Waals surface area contributed by atoms with E-state index in [-0.39, 0.29) is 17.9 Å². The van der Waals surface area contributed by atoms with Gasteiger partial charge in [0.15, 0.2) is 0 Å². The third-order valence-electron chi connectivity index (χ3n) is 6.13. The van der Waals surface area contributed by atoms with E-state index < -0.39 is 0 Å². The number of anilines is 1. The maximum Gasteiger partial charge on any atom is 0.219 e. The normalized spacial score (nSPS) is 11.7. The first-order valence-corrected chi connectivity index (χ1v) is 12.2. The van der Waals surface area contributed by atoms with Crippen molar-refractivity contribution in [1.29, 1.82) is 0 Å². The van der Waals surface area contributed by atoms with Crippen LogP contribution in [0.3, 0.4) is 0 Å². The lowest BCUT2D eigenvalue weighted by molar-refractivity contribution is -0.129. The van der Waals surface area contributed by atoms with Crippen LogP contribution >= 0.6 is 0 Å². The maximum atomic E-state index is 12.6. The molecule has 3 aromatic rings. The number of ether oxygens (including phenoxy) is 2. The van der Waals surface area contributed by atoms with Gasteiger partial charge in [-0.25, -0.2) is 0 Å². The van der Waals surface area contributed by atoms with Crippen LogP contribution in [0.4, 0.5) is 5.69 Å². The monoisotopic (exact) mass is 474 g/mol. The van der Waals surface area contributed by atoms with Crippen molar-refractivity contribution < 1.29 is 14.3 Å². The Labute approximate surface area is 210 Å². The molecule has 5 heteroatoms. The minimum atomic E-state index is 0.0705. The molecule has 3 rings (SSSR count). The fraction of sp³-hybridized carbons (Fsp3) is 0.367. The van der Waals surface area contributed by atoms with E-state index in [0.29, 0.717) is 13.1 Å². The Morgan fingerprint density at radius 1 is 0.914 bits per heavy atom. The van der Waals surface area contributed by atoms with E-state index in [0.717, 1.165) is 34.7 Å². The highest BCUT2D eigenvalue weighted by Crippen LogP contribution is 2.35. The van der Waals surface area contributed by atoms with Crippen LogP contribution in [0, 0.1) is 0 Å². The summed E-state index contributed by atoms with van der Waals surface area (Å²) in [6, 6.07) is 24.8. The zero-order valence-electron chi connectivity index (χ0n) is 21.8. The van der Waals surface area contributed by atoms with Gasteiger partial charge in [-0.1, -0.05) is 42.5 Å². The lowest BCUT2D eigenvalue weighted by Crippen LogP contribution is -2.30. The van der Waals surface area contributed by atoms with Crippen molar-refractivity contribution in [2.75, 3.05) is 32.6 Å². The molecule has 0 aliphatic carbocycles. The van der Waals surface area contributed by atoms with Crippen LogP contribution in [0.15, 0.2) is 72.8 Å². The van der Waals surface area contributed by atoms with E-state index in [9.17, 15) is 4.79 Å². The van der Waals surface area contributed by atoms with Gasteiger partial charge in [0, 0.05) is 51.3 Å². The van der Waals surface area contributed by atoms with E-state index >= 15 is 0 Å². The molecule has 5 nitrogen and oxygen atoms in total. The fourth-order valence-electron chi connectivity index (χ4n) is 4.26. The molecule has 0 heterocycles. The SMILES string of the molecule is COc1ccccc1[C@@H](CCN(Cc1ccc(N(C)C)cc1)C(C)=O)c1ccc(OC(C)C)cc1. The second-order valence-electron chi connectivity index (χ2n) is 9.32. The molecule has 0 N–H and O–H groups in total. The summed E-state index contributed by atoms with van der Waals surface area (Å²) in [6.07, 6.45) is 0.905. The molecule has 0 spiro atoms. The molecule has 3 aromatic carbocycles. The number of rotatable bonds is 11. The molecule has 0 saturated heterocycles. The molecule has 0 saturated carbocycles. The predicted octanol–water partition coefficient (Wildman–Crippen LogP) is 6.12. The number of hydrogen-bond acceptors (Lipinski definition) is 4. The van der Waals surface area contributed by atoms with Gasteiger partial charge in [-0.15, -0.1) is 0 Å². The molecule has 0 bridgehead atoms. The van der Waals surface area contributed by atoms with Gasteiger partial charge in [0.2, 0.25) is 5.91 Å². The van der Waals surface area contributed by atoms with Crippen molar-refractivity contribution in [3.05, 3.63) is 89.5 Å². The molecule has 0 radical (unpaired) electrons. The van der Waals surface area contributed by atoms with Gasteiger partial charge in [-0.05, 0) is 61.7 Å². The Hall–Kier alpha value is -3.47. The van der Waals surface area contributed by atoms with Crippen LogP contribution in [0.25, 0.3) is 0 Å². The number of carbonyl (C=O) groups excluding carboxylic acids is 1. The van der Waals surface area contributed by atoms with Gasteiger partial charge in [-0.2, -0.15) is 0 Å². The predicted molar refractivity (Wildman–Crippen MR) is 144 cm³/mol. The number of nitrogens with zero attached hydrogens (tertiary/aromatic N) is 2. The topological polar surface area (TPSA) is 42.0 Å². The molecule has 186 valence electrons. The average Bonchev–Trinajstić information content (AvgIpc) is 2.84. The quantitative estimate of drug-likeness (QED) is 0.336. The standard InChI is InChI=1S/C30H38N2O3/c1-22(2)35-27-17-13-25(14-18-27)28(29-9-7-8-10-30(29)34-6)19-20-32(23(3)33)21-24-11-15-26(16-12-24)31(4)5/h7-18,22,28H,19-21H2,1-6H3/t28-/m0/s1. The van der Waals surface area contributed by atoms with Crippen LogP contribution in [-0.4, -0.2) is 44.7 Å². The van der Waals surface area contributed by atoms with E-state index in [1.54, 1.807) is 14.0 Å². The number of amides is 1. The summed E-state index contributed by atoms with van der Waals surface area (Å²) in [6.45, 7) is 6.91. The molecular formula is C30H38N2O3. The third-order valence-corrected chi connectivity index (χ3v) is 6.13. The van der Waals surface area contributed by atoms with Crippen LogP contribution in [0.2, 0.25) is 0 Å². The second-order valence-corrected chi connectivity index (χ2v) is 9.32. The van der Waals surface area contributed by atoms with Crippen molar-refractivity contribution >= 4 is 11.6 Å². The van der Waals surface area contributed by atoms with Crippen LogP contribution in [-0.2, 0) is 11.3 Å². The number of carbonyl (C=O) groups is 1. The Balaban J connectivity index is 1.83. The highest BCUT2D eigenvalue weighted by Gasteiger charge is 2.21. The largest absolute Gasteiger partial charge is 0.496 e. The number of methoxy groups -OCH3 is 1. The zero-order valence-corrected chi connectivity index (χ0v) is 21.8. The lowest BCUT2D eigenvalue weighted by Gasteiger charge is -2.26. The third kappa shape index (κ3) is 7.25. The molecule has 35 heavy (non-hydrogen) atoms. The smallest absolute Gasteiger partial charge is 0.219 e. The molecule has 0 aliphatic heterocycles. The van der Waals surface area contributed by atoms with Crippen LogP contribution in [0.1, 0.15) is 49.8 Å². The molecule has 0 aliphatic rings. The molecular weight excluding hydrogens is 436 g/mol. The van der Waals surface area contributed by atoms with E-state index in [1.165, 1.54) is 5.56 Å². The lowest BCUT2D eigenvalue weighted by atomic mass is 9.87. The Kier molecular flexibility index (Phi) is 9.18. The van der Waals surface area contributed by atoms with Gasteiger partial charge in [0.25, 0.3) is 0 Å². The van der Waals surface area contributed by atoms with Crippen molar-refractivity contribution in [3.63, 3.8) is 0 Å². The summed E-state index contributed by atoms with van der Waals surface area (Å²) < 4.78 is 11.5. The van der Waals surface area contributed by atoms with Gasteiger partial charge in [0.1, 0.15) is 11.5 Å². The number of benzene rings is 3. The summed E-state index contributed by atoms with van der Waals surface area (Å²) in [5.74, 6) is 1.86. The fourth-order valence-corrected chi connectivity index (χ4v) is 4.26. The summed E-state index contributed by atoms with van der Waals surface area (Å²) >= 11 is 0. The van der Waals surface area contributed by atoms with E-state index in [2.05, 4.69) is 47.4 Å². The van der Waals surface area contributed by atoms with Gasteiger partial charge in [-0.3, -0.25) is 4.79 Å². The molecule has 1 amide bonds. The Morgan fingerprint density at radius 2 is 1.57 bits per heavy atom. The van der Waals surface area contributed by atoms with E-state index in [4.69, 9.17) is 9.47 Å². The first-order valence-electron chi connectivity index (χ1n) is 12.2. The Morgan fingerprint density at radius 3 is 2.14 bits per heavy atom. The number of hydrogen-bond donors (Lipinski definition) is 0. The van der Waals surface area contributed by atoms with Gasteiger partial charge >= 0.3 is 0 Å². The Bertz CT molecular complexity index is 1080. The summed E-state index contributed by atoms with van der Waals surface area (Å²) in [5, 5.41) is 0. The zero-order chi connectivity index (χ0) is 25.4. The maximum absolute atomic E-state index is 12.6. The second kappa shape index (κ2) is 12.3. The van der Waals surface area contributed by atoms with Crippen molar-refractivity contribution in [2.24, 2.45) is 0 Å².